The molecule has 2 rings (SSSR count). The van der Waals surface area contributed by atoms with E-state index < -0.39 is 6.04 Å². The van der Waals surface area contributed by atoms with Crippen molar-refractivity contribution in [3.05, 3.63) is 35.4 Å². The molecular formula is C13H18N4O3. The van der Waals surface area contributed by atoms with Crippen molar-refractivity contribution in [3.8, 4) is 11.5 Å². The third-order valence-corrected chi connectivity index (χ3v) is 2.82. The van der Waals surface area contributed by atoms with Crippen LogP contribution < -0.4 is 15.2 Å². The summed E-state index contributed by atoms with van der Waals surface area (Å²) in [5.41, 5.74) is 6.92. The topological polar surface area (TPSA) is 106 Å². The van der Waals surface area contributed by atoms with Gasteiger partial charge in [0.25, 0.3) is 0 Å². The second kappa shape index (κ2) is 6.36. The number of nitrogens with one attached hydrogen (secondary N) is 1. The van der Waals surface area contributed by atoms with Gasteiger partial charge in [0.15, 0.2) is 17.3 Å². The number of hydrogen-bond donors (Lipinski definition) is 3. The highest BCUT2D eigenvalue weighted by molar-refractivity contribution is 5.44. The third kappa shape index (κ3) is 2.89. The van der Waals surface area contributed by atoms with Gasteiger partial charge in [-0.1, -0.05) is 6.07 Å². The van der Waals surface area contributed by atoms with Crippen molar-refractivity contribution < 1.29 is 14.6 Å². The summed E-state index contributed by atoms with van der Waals surface area (Å²) in [7, 11) is 1.58. The molecule has 2 aromatic rings. The molecule has 0 bridgehead atoms. The van der Waals surface area contributed by atoms with Crippen LogP contribution in [0.4, 0.5) is 0 Å². The molecular weight excluding hydrogens is 260 g/mol. The molecule has 20 heavy (non-hydrogen) atoms. The first kappa shape index (κ1) is 14.3. The molecule has 1 aromatic heterocycles. The van der Waals surface area contributed by atoms with E-state index in [1.54, 1.807) is 13.2 Å². The Hall–Kier alpha value is -2.12. The number of hydrogen-bond acceptors (Lipinski definition) is 6. The van der Waals surface area contributed by atoms with Crippen LogP contribution in [0.25, 0.3) is 0 Å². The van der Waals surface area contributed by atoms with Crippen LogP contribution in [0, 0.1) is 0 Å². The predicted octanol–water partition coefficient (Wildman–Crippen LogP) is 0.752. The molecule has 0 aliphatic carbocycles. The number of methoxy groups -OCH3 is 1. The number of benzene rings is 1. The van der Waals surface area contributed by atoms with E-state index in [2.05, 4.69) is 15.2 Å². The summed E-state index contributed by atoms with van der Waals surface area (Å²) in [6, 6.07) is 4.93. The first-order chi connectivity index (χ1) is 9.69. The van der Waals surface area contributed by atoms with Gasteiger partial charge in [-0.25, -0.2) is 4.98 Å². The van der Waals surface area contributed by atoms with Gasteiger partial charge in [0.05, 0.1) is 19.8 Å². The molecule has 0 amide bonds. The van der Waals surface area contributed by atoms with Crippen molar-refractivity contribution in [1.29, 1.82) is 0 Å². The summed E-state index contributed by atoms with van der Waals surface area (Å²) in [5.74, 6) is 2.07. The normalized spacial score (nSPS) is 12.2. The van der Waals surface area contributed by atoms with E-state index >= 15 is 0 Å². The van der Waals surface area contributed by atoms with Crippen molar-refractivity contribution >= 4 is 0 Å². The van der Waals surface area contributed by atoms with E-state index in [1.807, 2.05) is 19.1 Å². The second-order valence-corrected chi connectivity index (χ2v) is 4.12. The zero-order valence-corrected chi connectivity index (χ0v) is 11.5. The fraction of sp³-hybridized carbons (Fsp3) is 0.385. The highest BCUT2D eigenvalue weighted by atomic mass is 16.5. The van der Waals surface area contributed by atoms with Crippen LogP contribution in [0.3, 0.4) is 0 Å². The van der Waals surface area contributed by atoms with Crippen molar-refractivity contribution in [3.63, 3.8) is 0 Å². The average Bonchev–Trinajstić information content (AvgIpc) is 2.95. The summed E-state index contributed by atoms with van der Waals surface area (Å²) in [6.07, 6.45) is 0. The maximum absolute atomic E-state index is 8.97. The van der Waals surface area contributed by atoms with Gasteiger partial charge in [0.2, 0.25) is 0 Å². The Morgan fingerprint density at radius 3 is 2.80 bits per heavy atom. The number of ether oxygens (including phenoxy) is 2. The van der Waals surface area contributed by atoms with E-state index in [-0.39, 0.29) is 6.61 Å². The Balaban J connectivity index is 2.29. The summed E-state index contributed by atoms with van der Waals surface area (Å²) in [4.78, 5) is 4.11. The Labute approximate surface area is 116 Å². The van der Waals surface area contributed by atoms with E-state index in [9.17, 15) is 0 Å². The van der Waals surface area contributed by atoms with Crippen LogP contribution in [0.15, 0.2) is 18.2 Å². The zero-order valence-electron chi connectivity index (χ0n) is 11.5. The van der Waals surface area contributed by atoms with E-state index in [0.29, 0.717) is 29.8 Å². The lowest BCUT2D eigenvalue weighted by Crippen LogP contribution is -2.14. The molecule has 1 heterocycles. The van der Waals surface area contributed by atoms with Crippen LogP contribution in [0.2, 0.25) is 0 Å². The van der Waals surface area contributed by atoms with Gasteiger partial charge in [-0.05, 0) is 24.6 Å². The standard InChI is InChI=1S/C13H18N4O3/c1-3-20-10-6-8(4-5-9(10)19-2)12(14)13-15-11(7-18)16-17-13/h4-6,12,18H,3,7,14H2,1-2H3,(H,15,16,17). The molecule has 7 heteroatoms. The number of rotatable bonds is 6. The van der Waals surface area contributed by atoms with Gasteiger partial charge < -0.3 is 20.3 Å². The fourth-order valence-electron chi connectivity index (χ4n) is 1.82. The SMILES string of the molecule is CCOc1cc(C(N)c2n[nH]c(CO)n2)ccc1OC. The molecule has 0 spiro atoms. The number of aliphatic hydroxyl groups excluding tert-OH is 1. The largest absolute Gasteiger partial charge is 0.493 e. The molecule has 7 nitrogen and oxygen atoms in total. The Morgan fingerprint density at radius 2 is 2.20 bits per heavy atom. The van der Waals surface area contributed by atoms with E-state index in [0.717, 1.165) is 5.56 Å². The molecule has 0 saturated heterocycles. The minimum atomic E-state index is -0.503. The third-order valence-electron chi connectivity index (χ3n) is 2.82. The van der Waals surface area contributed by atoms with Crippen LogP contribution in [-0.2, 0) is 6.61 Å². The number of H-pyrrole nitrogens is 1. The second-order valence-electron chi connectivity index (χ2n) is 4.12. The minimum Gasteiger partial charge on any atom is -0.493 e. The maximum atomic E-state index is 8.97. The molecule has 1 unspecified atom stereocenters. The molecule has 0 radical (unpaired) electrons. The first-order valence-corrected chi connectivity index (χ1v) is 6.28. The van der Waals surface area contributed by atoms with Gasteiger partial charge >= 0.3 is 0 Å². The molecule has 1 aromatic carbocycles. The fourth-order valence-corrected chi connectivity index (χ4v) is 1.82. The molecule has 0 aliphatic heterocycles. The predicted molar refractivity (Wildman–Crippen MR) is 72.5 cm³/mol. The molecule has 108 valence electrons. The average molecular weight is 278 g/mol. The van der Waals surface area contributed by atoms with E-state index in [1.165, 1.54) is 0 Å². The van der Waals surface area contributed by atoms with Gasteiger partial charge in [-0.2, -0.15) is 5.10 Å². The minimum absolute atomic E-state index is 0.202. The van der Waals surface area contributed by atoms with Gasteiger partial charge in [0.1, 0.15) is 12.4 Å². The lowest BCUT2D eigenvalue weighted by molar-refractivity contribution is 0.271. The summed E-state index contributed by atoms with van der Waals surface area (Å²) in [5, 5.41) is 15.6. The number of aromatic nitrogens is 3. The highest BCUT2D eigenvalue weighted by Crippen LogP contribution is 2.30. The molecule has 0 aliphatic rings. The number of aliphatic hydroxyl groups is 1. The van der Waals surface area contributed by atoms with Crippen LogP contribution in [0.1, 0.15) is 30.2 Å². The van der Waals surface area contributed by atoms with Crippen molar-refractivity contribution in [2.75, 3.05) is 13.7 Å². The van der Waals surface area contributed by atoms with E-state index in [4.69, 9.17) is 20.3 Å². The Bertz CT molecular complexity index is 570. The summed E-state index contributed by atoms with van der Waals surface area (Å²) >= 11 is 0. The summed E-state index contributed by atoms with van der Waals surface area (Å²) in [6.45, 7) is 2.23. The molecule has 1 atom stereocenters. The monoisotopic (exact) mass is 278 g/mol. The van der Waals surface area contributed by atoms with Crippen molar-refractivity contribution in [1.82, 2.24) is 15.2 Å². The number of aromatic amines is 1. The van der Waals surface area contributed by atoms with Gasteiger partial charge in [0, 0.05) is 0 Å². The van der Waals surface area contributed by atoms with Gasteiger partial charge in [-0.3, -0.25) is 5.10 Å². The number of nitrogens with two attached hydrogens (primary N) is 1. The van der Waals surface area contributed by atoms with Crippen LogP contribution in [0.5, 0.6) is 11.5 Å². The molecule has 0 fully saturated rings. The first-order valence-electron chi connectivity index (χ1n) is 6.28. The van der Waals surface area contributed by atoms with Crippen LogP contribution >= 0.6 is 0 Å². The lowest BCUT2D eigenvalue weighted by Gasteiger charge is -2.13. The Kier molecular flexibility index (Phi) is 4.54. The molecule has 4 N–H and O–H groups in total. The van der Waals surface area contributed by atoms with Crippen LogP contribution in [-0.4, -0.2) is 34.0 Å². The van der Waals surface area contributed by atoms with Gasteiger partial charge in [-0.15, -0.1) is 0 Å². The maximum Gasteiger partial charge on any atom is 0.171 e. The Morgan fingerprint density at radius 1 is 1.40 bits per heavy atom. The summed E-state index contributed by atoms with van der Waals surface area (Å²) < 4.78 is 10.7. The quantitative estimate of drug-likeness (QED) is 0.720. The van der Waals surface area contributed by atoms with Crippen molar-refractivity contribution in [2.45, 2.75) is 19.6 Å². The molecule has 0 saturated carbocycles. The smallest absolute Gasteiger partial charge is 0.171 e. The van der Waals surface area contributed by atoms with Crippen molar-refractivity contribution in [2.24, 2.45) is 5.73 Å². The lowest BCUT2D eigenvalue weighted by atomic mass is 10.1. The zero-order chi connectivity index (χ0) is 14.5. The highest BCUT2D eigenvalue weighted by Gasteiger charge is 2.16. The number of nitrogens with zero attached hydrogens (tertiary/aromatic N) is 2.